The molecule has 2 N–H and O–H groups in total. The molecule has 3 atom stereocenters. The van der Waals surface area contributed by atoms with Crippen LogP contribution in [0.1, 0.15) is 46.0 Å². The Labute approximate surface area is 108 Å². The summed E-state index contributed by atoms with van der Waals surface area (Å²) in [6.45, 7) is 5.20. The maximum atomic E-state index is 12.3. The molecule has 0 spiro atoms. The third kappa shape index (κ3) is 2.97. The second kappa shape index (κ2) is 5.61. The van der Waals surface area contributed by atoms with Crippen LogP contribution in [0.5, 0.6) is 0 Å². The van der Waals surface area contributed by atoms with E-state index in [-0.39, 0.29) is 11.4 Å². The molecule has 17 heavy (non-hydrogen) atoms. The molecule has 1 heterocycles. The maximum absolute atomic E-state index is 12.3. The molecule has 2 rings (SSSR count). The van der Waals surface area contributed by atoms with Crippen LogP contribution in [0.2, 0.25) is 0 Å². The molecule has 1 saturated carbocycles. The van der Waals surface area contributed by atoms with Crippen LogP contribution in [-0.2, 0) is 4.79 Å². The van der Waals surface area contributed by atoms with Gasteiger partial charge in [0.05, 0.1) is 5.54 Å². The normalized spacial score (nSPS) is 37.3. The zero-order valence-corrected chi connectivity index (χ0v) is 11.7. The molecule has 1 amide bonds. The third-order valence-corrected chi connectivity index (χ3v) is 5.35. The first-order valence-corrected chi connectivity index (χ1v) is 7.88. The van der Waals surface area contributed by atoms with Crippen molar-refractivity contribution in [3.05, 3.63) is 0 Å². The summed E-state index contributed by atoms with van der Waals surface area (Å²) < 4.78 is 0. The smallest absolute Gasteiger partial charge is 0.240 e. The number of hydrogen-bond donors (Lipinski definition) is 2. The van der Waals surface area contributed by atoms with E-state index in [2.05, 4.69) is 17.6 Å². The van der Waals surface area contributed by atoms with Crippen LogP contribution in [0.4, 0.5) is 0 Å². The highest BCUT2D eigenvalue weighted by Crippen LogP contribution is 2.30. The first-order chi connectivity index (χ1) is 8.15. The van der Waals surface area contributed by atoms with Crippen molar-refractivity contribution in [2.45, 2.75) is 62.8 Å². The van der Waals surface area contributed by atoms with Crippen molar-refractivity contribution in [2.24, 2.45) is 0 Å². The summed E-state index contributed by atoms with van der Waals surface area (Å²) >= 11 is 2.00. The molecule has 3 nitrogen and oxygen atoms in total. The first kappa shape index (κ1) is 13.2. The average molecular weight is 256 g/mol. The van der Waals surface area contributed by atoms with Crippen molar-refractivity contribution < 1.29 is 4.79 Å². The van der Waals surface area contributed by atoms with Crippen molar-refractivity contribution in [3.63, 3.8) is 0 Å². The lowest BCUT2D eigenvalue weighted by Crippen LogP contribution is -2.54. The molecule has 2 aliphatic rings. The summed E-state index contributed by atoms with van der Waals surface area (Å²) in [5, 5.41) is 7.24. The second-order valence-electron chi connectivity index (χ2n) is 5.37. The van der Waals surface area contributed by atoms with E-state index in [4.69, 9.17) is 0 Å². The summed E-state index contributed by atoms with van der Waals surface area (Å²) in [7, 11) is 0. The molecule has 0 aromatic carbocycles. The highest BCUT2D eigenvalue weighted by molar-refractivity contribution is 7.99. The lowest BCUT2D eigenvalue weighted by atomic mass is 9.98. The topological polar surface area (TPSA) is 41.1 Å². The van der Waals surface area contributed by atoms with Gasteiger partial charge in [-0.1, -0.05) is 13.3 Å². The van der Waals surface area contributed by atoms with Gasteiger partial charge < -0.3 is 10.6 Å². The Kier molecular flexibility index (Phi) is 4.36. The Balaban J connectivity index is 1.89. The molecule has 0 bridgehead atoms. The van der Waals surface area contributed by atoms with E-state index in [9.17, 15) is 4.79 Å². The van der Waals surface area contributed by atoms with Gasteiger partial charge in [-0.2, -0.15) is 11.8 Å². The summed E-state index contributed by atoms with van der Waals surface area (Å²) in [5.41, 5.74) is -0.315. The number of carbonyl (C=O) groups is 1. The van der Waals surface area contributed by atoms with Gasteiger partial charge in [0.2, 0.25) is 5.91 Å². The van der Waals surface area contributed by atoms with E-state index in [1.165, 1.54) is 12.8 Å². The highest BCUT2D eigenvalue weighted by atomic mass is 32.2. The summed E-state index contributed by atoms with van der Waals surface area (Å²) in [4.78, 5) is 12.3. The fraction of sp³-hybridized carbons (Fsp3) is 0.923. The van der Waals surface area contributed by atoms with Gasteiger partial charge in [0.25, 0.3) is 0 Å². The van der Waals surface area contributed by atoms with Gasteiger partial charge in [0, 0.05) is 11.3 Å². The van der Waals surface area contributed by atoms with Gasteiger partial charge >= 0.3 is 0 Å². The van der Waals surface area contributed by atoms with Crippen molar-refractivity contribution in [1.82, 2.24) is 10.6 Å². The highest BCUT2D eigenvalue weighted by Gasteiger charge is 2.38. The molecular formula is C13H24N2OS. The number of carbonyl (C=O) groups excluding carboxylic acids is 1. The molecule has 3 unspecified atom stereocenters. The predicted octanol–water partition coefficient (Wildman–Crippen LogP) is 1.92. The first-order valence-electron chi connectivity index (χ1n) is 6.83. The zero-order valence-electron chi connectivity index (χ0n) is 10.9. The molecular weight excluding hydrogens is 232 g/mol. The second-order valence-corrected chi connectivity index (χ2v) is 6.88. The van der Waals surface area contributed by atoms with E-state index in [1.54, 1.807) is 0 Å². The van der Waals surface area contributed by atoms with Gasteiger partial charge in [0.1, 0.15) is 0 Å². The standard InChI is InChI=1S/C13H24N2OS/c1-3-17-11-7-4-6-10(11)15-12(16)13(2)8-5-9-14-13/h10-11,14H,3-9H2,1-2H3,(H,15,16). The zero-order chi connectivity index (χ0) is 12.3. The Bertz CT molecular complexity index is 277. The lowest BCUT2D eigenvalue weighted by Gasteiger charge is -2.28. The van der Waals surface area contributed by atoms with E-state index in [0.717, 1.165) is 31.6 Å². The van der Waals surface area contributed by atoms with Crippen molar-refractivity contribution in [2.75, 3.05) is 12.3 Å². The molecule has 2 fully saturated rings. The fourth-order valence-electron chi connectivity index (χ4n) is 2.92. The van der Waals surface area contributed by atoms with Crippen LogP contribution < -0.4 is 10.6 Å². The predicted molar refractivity (Wildman–Crippen MR) is 73.3 cm³/mol. The Morgan fingerprint density at radius 1 is 1.47 bits per heavy atom. The summed E-state index contributed by atoms with van der Waals surface area (Å²) in [6, 6.07) is 0.395. The van der Waals surface area contributed by atoms with Gasteiger partial charge in [-0.15, -0.1) is 0 Å². The number of nitrogens with one attached hydrogen (secondary N) is 2. The van der Waals surface area contributed by atoms with Crippen molar-refractivity contribution in [1.29, 1.82) is 0 Å². The van der Waals surface area contributed by atoms with Crippen molar-refractivity contribution in [3.8, 4) is 0 Å². The van der Waals surface area contributed by atoms with Crippen LogP contribution in [-0.4, -0.2) is 35.0 Å². The van der Waals surface area contributed by atoms with Gasteiger partial charge in [-0.3, -0.25) is 4.79 Å². The molecule has 98 valence electrons. The summed E-state index contributed by atoms with van der Waals surface area (Å²) in [5.74, 6) is 1.36. The van der Waals surface area contributed by atoms with E-state index in [1.807, 2.05) is 18.7 Å². The number of amides is 1. The average Bonchev–Trinajstić information content (AvgIpc) is 2.90. The van der Waals surface area contributed by atoms with Crippen LogP contribution in [0.25, 0.3) is 0 Å². The van der Waals surface area contributed by atoms with Crippen LogP contribution in [0.15, 0.2) is 0 Å². The largest absolute Gasteiger partial charge is 0.351 e. The van der Waals surface area contributed by atoms with E-state index >= 15 is 0 Å². The fourth-order valence-corrected chi connectivity index (χ4v) is 4.12. The monoisotopic (exact) mass is 256 g/mol. The Morgan fingerprint density at radius 2 is 2.29 bits per heavy atom. The SMILES string of the molecule is CCSC1CCCC1NC(=O)C1(C)CCCN1. The summed E-state index contributed by atoms with van der Waals surface area (Å²) in [6.07, 6.45) is 5.75. The van der Waals surface area contributed by atoms with E-state index < -0.39 is 0 Å². The van der Waals surface area contributed by atoms with Crippen molar-refractivity contribution >= 4 is 17.7 Å². The Morgan fingerprint density at radius 3 is 2.94 bits per heavy atom. The Hall–Kier alpha value is -0.220. The van der Waals surface area contributed by atoms with Gasteiger partial charge in [0.15, 0.2) is 0 Å². The third-order valence-electron chi connectivity index (χ3n) is 4.02. The van der Waals surface area contributed by atoms with Crippen LogP contribution in [0, 0.1) is 0 Å². The lowest BCUT2D eigenvalue weighted by molar-refractivity contribution is -0.127. The van der Waals surface area contributed by atoms with Gasteiger partial charge in [-0.25, -0.2) is 0 Å². The minimum atomic E-state index is -0.315. The minimum absolute atomic E-state index is 0.212. The molecule has 0 aromatic heterocycles. The molecule has 1 aliphatic heterocycles. The van der Waals surface area contributed by atoms with E-state index in [0.29, 0.717) is 11.3 Å². The molecule has 0 radical (unpaired) electrons. The van der Waals surface area contributed by atoms with Crippen LogP contribution >= 0.6 is 11.8 Å². The number of rotatable bonds is 4. The number of hydrogen-bond acceptors (Lipinski definition) is 3. The quantitative estimate of drug-likeness (QED) is 0.807. The van der Waals surface area contributed by atoms with Gasteiger partial charge in [-0.05, 0) is 44.9 Å². The maximum Gasteiger partial charge on any atom is 0.240 e. The number of thioether (sulfide) groups is 1. The molecule has 1 aliphatic carbocycles. The molecule has 1 saturated heterocycles. The minimum Gasteiger partial charge on any atom is -0.351 e. The molecule has 0 aromatic rings. The van der Waals surface area contributed by atoms with Crippen LogP contribution in [0.3, 0.4) is 0 Å². The molecule has 4 heteroatoms.